The number of aromatic carboxylic acids is 1. The number of carbonyl (C=O) groups is 2. The molecule has 3 aromatic carbocycles. The summed E-state index contributed by atoms with van der Waals surface area (Å²) in [4.78, 5) is 23.5. The largest absolute Gasteiger partial charge is 0.494 e. The molecule has 0 spiro atoms. The van der Waals surface area contributed by atoms with E-state index < -0.39 is 11.9 Å². The number of esters is 1. The van der Waals surface area contributed by atoms with Crippen molar-refractivity contribution in [3.63, 3.8) is 0 Å². The van der Waals surface area contributed by atoms with E-state index in [0.29, 0.717) is 17.9 Å². The Morgan fingerprint density at radius 2 is 1.11 bits per heavy atom. The Labute approximate surface area is 207 Å². The normalized spacial score (nSPS) is 10.7. The van der Waals surface area contributed by atoms with Crippen LogP contribution in [0.1, 0.15) is 79.0 Å². The van der Waals surface area contributed by atoms with Gasteiger partial charge in [0, 0.05) is 0 Å². The number of rotatable bonds is 14. The second kappa shape index (κ2) is 14.0. The molecule has 0 aliphatic rings. The predicted octanol–water partition coefficient (Wildman–Crippen LogP) is 7.79. The Kier molecular flexibility index (Phi) is 10.4. The van der Waals surface area contributed by atoms with Crippen molar-refractivity contribution in [2.75, 3.05) is 6.61 Å². The first-order valence-corrected chi connectivity index (χ1v) is 12.5. The van der Waals surface area contributed by atoms with Crippen LogP contribution in [0.2, 0.25) is 0 Å². The van der Waals surface area contributed by atoms with Crippen LogP contribution in [0.3, 0.4) is 0 Å². The van der Waals surface area contributed by atoms with Gasteiger partial charge in [-0.05, 0) is 66.1 Å². The molecule has 0 fully saturated rings. The van der Waals surface area contributed by atoms with Gasteiger partial charge in [-0.15, -0.1) is 0 Å². The maximum atomic E-state index is 12.5. The van der Waals surface area contributed by atoms with Crippen molar-refractivity contribution in [3.8, 4) is 22.6 Å². The second-order valence-corrected chi connectivity index (χ2v) is 8.64. The number of hydrogen-bond donors (Lipinski definition) is 1. The lowest BCUT2D eigenvalue weighted by molar-refractivity contribution is 0.0694. The molecule has 0 aromatic heterocycles. The fourth-order valence-corrected chi connectivity index (χ4v) is 3.80. The third-order valence-corrected chi connectivity index (χ3v) is 5.89. The minimum atomic E-state index is -0.957. The monoisotopic (exact) mass is 474 g/mol. The second-order valence-electron chi connectivity index (χ2n) is 8.64. The van der Waals surface area contributed by atoms with E-state index in [1.165, 1.54) is 44.9 Å². The third-order valence-electron chi connectivity index (χ3n) is 5.89. The minimum absolute atomic E-state index is 0.240. The van der Waals surface area contributed by atoms with Gasteiger partial charge < -0.3 is 14.6 Å². The van der Waals surface area contributed by atoms with Crippen LogP contribution in [0.15, 0.2) is 72.8 Å². The number of carbonyl (C=O) groups excluding carboxylic acids is 1. The van der Waals surface area contributed by atoms with E-state index in [0.717, 1.165) is 23.3 Å². The molecule has 0 amide bonds. The molecule has 1 N–H and O–H groups in total. The highest BCUT2D eigenvalue weighted by Gasteiger charge is 2.10. The van der Waals surface area contributed by atoms with Crippen LogP contribution in [0.25, 0.3) is 11.1 Å². The molecule has 0 aliphatic heterocycles. The summed E-state index contributed by atoms with van der Waals surface area (Å²) in [6.07, 6.45) is 10.1. The molecule has 3 aromatic rings. The lowest BCUT2D eigenvalue weighted by Crippen LogP contribution is -2.08. The van der Waals surface area contributed by atoms with Gasteiger partial charge in [0.1, 0.15) is 11.5 Å². The van der Waals surface area contributed by atoms with Gasteiger partial charge in [0.2, 0.25) is 0 Å². The Balaban J connectivity index is 1.41. The molecule has 0 heterocycles. The summed E-state index contributed by atoms with van der Waals surface area (Å²) in [5.74, 6) is -0.196. The summed E-state index contributed by atoms with van der Waals surface area (Å²) in [6.45, 7) is 2.92. The number of benzene rings is 3. The number of hydrogen-bond acceptors (Lipinski definition) is 4. The number of unbranched alkanes of at least 4 members (excludes halogenated alkanes) is 7. The lowest BCUT2D eigenvalue weighted by atomic mass is 10.0. The van der Waals surface area contributed by atoms with Gasteiger partial charge in [-0.3, -0.25) is 0 Å². The zero-order valence-electron chi connectivity index (χ0n) is 20.4. The van der Waals surface area contributed by atoms with Crippen molar-refractivity contribution in [3.05, 3.63) is 83.9 Å². The first-order chi connectivity index (χ1) is 17.1. The van der Waals surface area contributed by atoms with E-state index in [1.807, 2.05) is 12.1 Å². The van der Waals surface area contributed by atoms with Gasteiger partial charge in [0.05, 0.1) is 17.7 Å². The average Bonchev–Trinajstić information content (AvgIpc) is 2.88. The van der Waals surface area contributed by atoms with Crippen molar-refractivity contribution in [2.24, 2.45) is 0 Å². The van der Waals surface area contributed by atoms with Gasteiger partial charge in [0.25, 0.3) is 0 Å². The van der Waals surface area contributed by atoms with Gasteiger partial charge in [-0.1, -0.05) is 76.1 Å². The van der Waals surface area contributed by atoms with E-state index in [2.05, 4.69) is 6.92 Å². The first kappa shape index (κ1) is 26.0. The SMILES string of the molecule is CCCCCCCCCCOc1ccc(C(=O)Oc2ccc(-c3ccc(C(=O)O)cc3)cc2)cc1. The average molecular weight is 475 g/mol. The predicted molar refractivity (Wildman–Crippen MR) is 138 cm³/mol. The molecule has 5 heteroatoms. The fourth-order valence-electron chi connectivity index (χ4n) is 3.80. The smallest absolute Gasteiger partial charge is 0.343 e. The Morgan fingerprint density at radius 1 is 0.629 bits per heavy atom. The molecule has 0 aliphatic carbocycles. The van der Waals surface area contributed by atoms with Crippen LogP contribution >= 0.6 is 0 Å². The summed E-state index contributed by atoms with van der Waals surface area (Å²) in [5.41, 5.74) is 2.48. The van der Waals surface area contributed by atoms with Gasteiger partial charge in [0.15, 0.2) is 0 Å². The van der Waals surface area contributed by atoms with Crippen LogP contribution in [0, 0.1) is 0 Å². The summed E-state index contributed by atoms with van der Waals surface area (Å²) < 4.78 is 11.3. The highest BCUT2D eigenvalue weighted by molar-refractivity contribution is 5.91. The standard InChI is InChI=1S/C30H34O5/c1-2-3-4-5-6-7-8-9-22-34-27-18-16-26(17-19-27)30(33)35-28-20-14-24(15-21-28)23-10-12-25(13-11-23)29(31)32/h10-21H,2-9,22H2,1H3,(H,31,32). The highest BCUT2D eigenvalue weighted by Crippen LogP contribution is 2.24. The molecule has 0 unspecified atom stereocenters. The van der Waals surface area contributed by atoms with Gasteiger partial charge >= 0.3 is 11.9 Å². The molecule has 5 nitrogen and oxygen atoms in total. The van der Waals surface area contributed by atoms with E-state index >= 15 is 0 Å². The van der Waals surface area contributed by atoms with Gasteiger partial charge in [-0.25, -0.2) is 9.59 Å². The molecule has 3 rings (SSSR count). The van der Waals surface area contributed by atoms with Crippen LogP contribution in [-0.4, -0.2) is 23.7 Å². The number of ether oxygens (including phenoxy) is 2. The maximum Gasteiger partial charge on any atom is 0.343 e. The van der Waals surface area contributed by atoms with E-state index in [9.17, 15) is 9.59 Å². The van der Waals surface area contributed by atoms with Crippen molar-refractivity contribution in [1.82, 2.24) is 0 Å². The number of carboxylic acids is 1. The third kappa shape index (κ3) is 8.60. The van der Waals surface area contributed by atoms with Crippen LogP contribution in [0.5, 0.6) is 11.5 Å². The Morgan fingerprint density at radius 3 is 1.69 bits per heavy atom. The fraction of sp³-hybridized carbons (Fsp3) is 0.333. The molecule has 0 bridgehead atoms. The molecule has 184 valence electrons. The Hall–Kier alpha value is -3.60. The van der Waals surface area contributed by atoms with E-state index in [4.69, 9.17) is 14.6 Å². The summed E-state index contributed by atoms with van der Waals surface area (Å²) in [5, 5.41) is 9.01. The summed E-state index contributed by atoms with van der Waals surface area (Å²) >= 11 is 0. The zero-order chi connectivity index (χ0) is 24.9. The minimum Gasteiger partial charge on any atom is -0.494 e. The zero-order valence-corrected chi connectivity index (χ0v) is 20.4. The lowest BCUT2D eigenvalue weighted by Gasteiger charge is -2.08. The number of carboxylic acid groups (broad SMARTS) is 1. The van der Waals surface area contributed by atoms with Crippen LogP contribution < -0.4 is 9.47 Å². The summed E-state index contributed by atoms with van der Waals surface area (Å²) in [6, 6.07) is 20.8. The van der Waals surface area contributed by atoms with Crippen molar-refractivity contribution < 1.29 is 24.2 Å². The molecular weight excluding hydrogens is 440 g/mol. The van der Waals surface area contributed by atoms with Crippen LogP contribution in [0.4, 0.5) is 0 Å². The molecule has 0 radical (unpaired) electrons. The maximum absolute atomic E-state index is 12.5. The first-order valence-electron chi connectivity index (χ1n) is 12.5. The van der Waals surface area contributed by atoms with E-state index in [-0.39, 0.29) is 5.56 Å². The Bertz CT molecular complexity index is 1050. The van der Waals surface area contributed by atoms with Crippen molar-refractivity contribution >= 4 is 11.9 Å². The van der Waals surface area contributed by atoms with Crippen molar-refractivity contribution in [2.45, 2.75) is 58.3 Å². The molecule has 35 heavy (non-hydrogen) atoms. The molecule has 0 atom stereocenters. The van der Waals surface area contributed by atoms with E-state index in [1.54, 1.807) is 60.7 Å². The molecular formula is C30H34O5. The van der Waals surface area contributed by atoms with Crippen LogP contribution in [-0.2, 0) is 0 Å². The molecule has 0 saturated carbocycles. The topological polar surface area (TPSA) is 72.8 Å². The molecule has 0 saturated heterocycles. The van der Waals surface area contributed by atoms with Crippen molar-refractivity contribution in [1.29, 1.82) is 0 Å². The highest BCUT2D eigenvalue weighted by atomic mass is 16.5. The van der Waals surface area contributed by atoms with Gasteiger partial charge in [-0.2, -0.15) is 0 Å². The quantitative estimate of drug-likeness (QED) is 0.147. The summed E-state index contributed by atoms with van der Waals surface area (Å²) in [7, 11) is 0.